The molecule has 53 heavy (non-hydrogen) atoms. The number of hydrogen-bond acceptors (Lipinski definition) is 8. The minimum absolute atomic E-state index is 0.0785. The van der Waals surface area contributed by atoms with E-state index in [2.05, 4.69) is 58.8 Å². The third kappa shape index (κ3) is 8.64. The number of carbonyl (C=O) groups excluding carboxylic acids is 3. The monoisotopic (exact) mass is 724 g/mol. The number of aromatic amines is 1. The number of nitrogens with zero attached hydrogens (tertiary/aromatic N) is 4. The molecule has 1 aromatic heterocycles. The number of aliphatic imine (C=N–C) groups is 1. The Labute approximate surface area is 312 Å². The highest BCUT2D eigenvalue weighted by molar-refractivity contribution is 6.03. The van der Waals surface area contributed by atoms with E-state index in [1.165, 1.54) is 7.11 Å². The Morgan fingerprint density at radius 2 is 1.60 bits per heavy atom. The SMILES string of the molecule is COC[C@H]1C[C@@H](c2ncc(-c3ccc(-c4ccc(C5=CN=C([C@@H]6CCCN6C(=O)[C@@H](NC(=O)OC)C(C)C)C5)cc4)cc3)[nH]2)N(C(=O)OC(C)(C)C)C1. The van der Waals surface area contributed by atoms with Gasteiger partial charge in [0.2, 0.25) is 5.91 Å². The first-order valence-electron chi connectivity index (χ1n) is 18.5. The number of aromatic nitrogens is 2. The standard InChI is InChI=1S/C41H52N6O6/c1-25(2)36(45-39(49)52-7)38(48)46-18-8-9-34(46)32-20-31(21-42-32)29-12-10-27(11-13-29)28-14-16-30(17-15-28)33-22-43-37(44-33)35-19-26(24-51-6)23-47(35)40(50)53-41(3,4)5/h10-17,21-22,25-26,34-36H,8-9,18-20,23-24H2,1-7H3,(H,43,44)(H,45,49)/t26-,34-,35-,36-/m0/s1. The molecule has 12 nitrogen and oxygen atoms in total. The van der Waals surface area contributed by atoms with Crippen LogP contribution in [0.5, 0.6) is 0 Å². The Morgan fingerprint density at radius 1 is 0.943 bits per heavy atom. The summed E-state index contributed by atoms with van der Waals surface area (Å²) in [5.74, 6) is 0.762. The molecule has 4 atom stereocenters. The fraction of sp³-hybridized carbons (Fsp3) is 0.488. The first kappa shape index (κ1) is 37.8. The van der Waals surface area contributed by atoms with Crippen LogP contribution in [-0.2, 0) is 19.0 Å². The Bertz CT molecular complexity index is 1840. The highest BCUT2D eigenvalue weighted by Gasteiger charge is 2.40. The Kier molecular flexibility index (Phi) is 11.4. The fourth-order valence-corrected chi connectivity index (χ4v) is 7.52. The predicted molar refractivity (Wildman–Crippen MR) is 204 cm³/mol. The lowest BCUT2D eigenvalue weighted by molar-refractivity contribution is -0.134. The normalized spacial score (nSPS) is 20.7. The van der Waals surface area contributed by atoms with E-state index < -0.39 is 17.7 Å². The average Bonchev–Trinajstić information content (AvgIpc) is 3.96. The molecule has 282 valence electrons. The molecule has 0 unspecified atom stereocenters. The highest BCUT2D eigenvalue weighted by atomic mass is 16.6. The molecule has 0 bridgehead atoms. The topological polar surface area (TPSA) is 138 Å². The number of benzene rings is 2. The molecule has 0 saturated carbocycles. The molecule has 3 amide bonds. The van der Waals surface area contributed by atoms with Crippen LogP contribution in [0.2, 0.25) is 0 Å². The maximum atomic E-state index is 13.5. The smallest absolute Gasteiger partial charge is 0.410 e. The summed E-state index contributed by atoms with van der Waals surface area (Å²) in [5.41, 5.74) is 6.67. The number of ether oxygens (including phenoxy) is 3. The van der Waals surface area contributed by atoms with Gasteiger partial charge in [0, 0.05) is 44.4 Å². The summed E-state index contributed by atoms with van der Waals surface area (Å²) in [7, 11) is 2.98. The van der Waals surface area contributed by atoms with E-state index in [0.29, 0.717) is 26.1 Å². The van der Waals surface area contributed by atoms with Crippen LogP contribution in [0.25, 0.3) is 28.0 Å². The van der Waals surface area contributed by atoms with E-state index in [0.717, 1.165) is 64.3 Å². The van der Waals surface area contributed by atoms with Gasteiger partial charge in [-0.3, -0.25) is 14.7 Å². The number of hydrogen-bond donors (Lipinski definition) is 2. The molecular weight excluding hydrogens is 672 g/mol. The van der Waals surface area contributed by atoms with Gasteiger partial charge in [-0.15, -0.1) is 0 Å². The van der Waals surface area contributed by atoms with Gasteiger partial charge in [0.1, 0.15) is 17.5 Å². The van der Waals surface area contributed by atoms with Gasteiger partial charge < -0.3 is 29.4 Å². The predicted octanol–water partition coefficient (Wildman–Crippen LogP) is 7.25. The number of rotatable bonds is 10. The molecule has 4 heterocycles. The lowest BCUT2D eigenvalue weighted by atomic mass is 9.95. The number of nitrogens with one attached hydrogen (secondary N) is 2. The van der Waals surface area contributed by atoms with Gasteiger partial charge in [0.15, 0.2) is 0 Å². The summed E-state index contributed by atoms with van der Waals surface area (Å²) < 4.78 is 15.9. The molecule has 3 aromatic rings. The highest BCUT2D eigenvalue weighted by Crippen LogP contribution is 2.37. The van der Waals surface area contributed by atoms with Gasteiger partial charge >= 0.3 is 12.2 Å². The number of likely N-dealkylation sites (tertiary alicyclic amines) is 2. The molecule has 2 aromatic carbocycles. The van der Waals surface area contributed by atoms with E-state index in [-0.39, 0.29) is 35.9 Å². The van der Waals surface area contributed by atoms with Crippen molar-refractivity contribution in [3.05, 3.63) is 72.3 Å². The number of methoxy groups -OCH3 is 2. The first-order valence-corrected chi connectivity index (χ1v) is 18.5. The van der Waals surface area contributed by atoms with E-state index in [4.69, 9.17) is 24.2 Å². The minimum atomic E-state index is -0.654. The van der Waals surface area contributed by atoms with Crippen LogP contribution in [-0.4, -0.2) is 95.2 Å². The quantitative estimate of drug-likeness (QED) is 0.225. The van der Waals surface area contributed by atoms with Gasteiger partial charge in [-0.1, -0.05) is 62.4 Å². The number of imidazole rings is 1. The van der Waals surface area contributed by atoms with Crippen molar-refractivity contribution in [2.45, 2.75) is 84.0 Å². The summed E-state index contributed by atoms with van der Waals surface area (Å²) in [6.45, 7) is 11.2. The zero-order chi connectivity index (χ0) is 37.9. The summed E-state index contributed by atoms with van der Waals surface area (Å²) >= 11 is 0. The second-order valence-corrected chi connectivity index (χ2v) is 15.5. The van der Waals surface area contributed by atoms with Crippen LogP contribution < -0.4 is 5.32 Å². The lowest BCUT2D eigenvalue weighted by Crippen LogP contribution is -2.53. The van der Waals surface area contributed by atoms with Crippen molar-refractivity contribution in [2.24, 2.45) is 16.8 Å². The van der Waals surface area contributed by atoms with E-state index in [1.54, 1.807) is 12.0 Å². The van der Waals surface area contributed by atoms with E-state index >= 15 is 0 Å². The molecule has 0 radical (unpaired) electrons. The summed E-state index contributed by atoms with van der Waals surface area (Å²) in [6.07, 6.45) is 5.96. The van der Waals surface area contributed by atoms with E-state index in [1.807, 2.05) is 51.9 Å². The van der Waals surface area contributed by atoms with Crippen molar-refractivity contribution < 1.29 is 28.6 Å². The third-order valence-electron chi connectivity index (χ3n) is 10.2. The zero-order valence-electron chi connectivity index (χ0n) is 31.8. The van der Waals surface area contributed by atoms with Crippen LogP contribution in [0.15, 0.2) is 65.9 Å². The van der Waals surface area contributed by atoms with Gasteiger partial charge in [-0.05, 0) is 73.8 Å². The summed E-state index contributed by atoms with van der Waals surface area (Å²) in [5, 5.41) is 2.72. The second-order valence-electron chi connectivity index (χ2n) is 15.5. The maximum absolute atomic E-state index is 13.5. The van der Waals surface area contributed by atoms with Crippen LogP contribution in [0, 0.1) is 11.8 Å². The van der Waals surface area contributed by atoms with Crippen LogP contribution in [0.3, 0.4) is 0 Å². The Balaban J connectivity index is 1.08. The summed E-state index contributed by atoms with van der Waals surface area (Å²) in [6, 6.07) is 15.9. The van der Waals surface area contributed by atoms with Crippen LogP contribution in [0.1, 0.15) is 77.7 Å². The Hall–Kier alpha value is -4.97. The zero-order valence-corrected chi connectivity index (χ0v) is 31.8. The number of alkyl carbamates (subject to hydrolysis) is 1. The molecule has 6 rings (SSSR count). The number of carbonyl (C=O) groups is 3. The third-order valence-corrected chi connectivity index (χ3v) is 10.2. The lowest BCUT2D eigenvalue weighted by Gasteiger charge is -2.31. The number of amides is 3. The first-order chi connectivity index (χ1) is 25.3. The molecule has 3 aliphatic rings. The van der Waals surface area contributed by atoms with Gasteiger partial charge in [0.05, 0.1) is 37.7 Å². The largest absolute Gasteiger partial charge is 0.453 e. The van der Waals surface area contributed by atoms with Crippen molar-refractivity contribution >= 4 is 29.4 Å². The summed E-state index contributed by atoms with van der Waals surface area (Å²) in [4.78, 5) is 55.2. The Morgan fingerprint density at radius 3 is 2.23 bits per heavy atom. The maximum Gasteiger partial charge on any atom is 0.410 e. The van der Waals surface area contributed by atoms with Crippen molar-refractivity contribution in [1.29, 1.82) is 0 Å². The van der Waals surface area contributed by atoms with Crippen molar-refractivity contribution in [1.82, 2.24) is 25.1 Å². The van der Waals surface area contributed by atoms with Gasteiger partial charge in [-0.25, -0.2) is 14.6 Å². The van der Waals surface area contributed by atoms with Gasteiger partial charge in [-0.2, -0.15) is 0 Å². The van der Waals surface area contributed by atoms with Crippen molar-refractivity contribution in [3.8, 4) is 22.4 Å². The molecule has 0 spiro atoms. The molecule has 2 saturated heterocycles. The van der Waals surface area contributed by atoms with E-state index in [9.17, 15) is 14.4 Å². The van der Waals surface area contributed by atoms with Gasteiger partial charge in [0.25, 0.3) is 0 Å². The second kappa shape index (κ2) is 16.0. The molecule has 2 fully saturated rings. The number of allylic oxidation sites excluding steroid dienone is 1. The molecule has 12 heteroatoms. The van der Waals surface area contributed by atoms with Crippen molar-refractivity contribution in [3.63, 3.8) is 0 Å². The van der Waals surface area contributed by atoms with Crippen LogP contribution in [0.4, 0.5) is 9.59 Å². The molecule has 3 aliphatic heterocycles. The minimum Gasteiger partial charge on any atom is -0.453 e. The van der Waals surface area contributed by atoms with Crippen molar-refractivity contribution in [2.75, 3.05) is 33.9 Å². The molecule has 0 aliphatic carbocycles. The fourth-order valence-electron chi connectivity index (χ4n) is 7.52. The molecule has 2 N–H and O–H groups in total. The number of H-pyrrole nitrogens is 1. The van der Waals surface area contributed by atoms with Crippen LogP contribution >= 0.6 is 0 Å². The molecular formula is C41H52N6O6. The average molecular weight is 725 g/mol.